The fraction of sp³-hybridized carbons (Fsp3) is 0.571. The first-order valence-corrected chi connectivity index (χ1v) is 7.92. The van der Waals surface area contributed by atoms with E-state index >= 15 is 0 Å². The van der Waals surface area contributed by atoms with Gasteiger partial charge in [-0.25, -0.2) is 4.39 Å². The summed E-state index contributed by atoms with van der Waals surface area (Å²) in [4.78, 5) is 0. The quantitative estimate of drug-likeness (QED) is 0.812. The molecule has 1 unspecified atom stereocenters. The molecule has 1 aromatic carbocycles. The summed E-state index contributed by atoms with van der Waals surface area (Å²) in [7, 11) is 0. The van der Waals surface area contributed by atoms with Crippen LogP contribution in [0.15, 0.2) is 12.1 Å². The van der Waals surface area contributed by atoms with Gasteiger partial charge in [-0.3, -0.25) is 0 Å². The Morgan fingerprint density at radius 1 is 1.53 bits per heavy atom. The maximum atomic E-state index is 13.7. The van der Waals surface area contributed by atoms with Crippen molar-refractivity contribution in [3.05, 3.63) is 17.9 Å². The van der Waals surface area contributed by atoms with Gasteiger partial charge in [-0.15, -0.1) is 0 Å². The maximum absolute atomic E-state index is 13.7. The van der Waals surface area contributed by atoms with Crippen LogP contribution in [-0.2, 0) is 0 Å². The molecule has 2 rings (SSSR count). The molecule has 19 heavy (non-hydrogen) atoms. The van der Waals surface area contributed by atoms with Crippen molar-refractivity contribution >= 4 is 23.1 Å². The van der Waals surface area contributed by atoms with Crippen molar-refractivity contribution in [2.75, 3.05) is 29.2 Å². The molecule has 3 N–H and O–H groups in total. The average Bonchev–Trinajstić information content (AvgIpc) is 2.42. The summed E-state index contributed by atoms with van der Waals surface area (Å²) in [5.41, 5.74) is 7.09. The number of nitrogens with two attached hydrogens (primary N) is 1. The summed E-state index contributed by atoms with van der Waals surface area (Å²) >= 11 is 1.94. The van der Waals surface area contributed by atoms with Gasteiger partial charge in [-0.1, -0.05) is 6.92 Å². The largest absolute Gasteiger partial charge is 0.490 e. The van der Waals surface area contributed by atoms with E-state index in [-0.39, 0.29) is 5.75 Å². The molecule has 1 heterocycles. The lowest BCUT2D eigenvalue weighted by atomic mass is 10.1. The van der Waals surface area contributed by atoms with E-state index in [2.05, 4.69) is 5.32 Å². The van der Waals surface area contributed by atoms with Crippen molar-refractivity contribution in [1.82, 2.24) is 0 Å². The first kappa shape index (κ1) is 14.3. The molecule has 0 radical (unpaired) electrons. The molecule has 1 aliphatic heterocycles. The number of nitrogens with one attached hydrogen (secondary N) is 1. The minimum Gasteiger partial charge on any atom is -0.490 e. The van der Waals surface area contributed by atoms with Gasteiger partial charge in [0, 0.05) is 23.9 Å². The first-order valence-electron chi connectivity index (χ1n) is 6.76. The number of nitrogen functional groups attached to an aromatic ring is 1. The lowest BCUT2D eigenvalue weighted by molar-refractivity contribution is 0.301. The van der Waals surface area contributed by atoms with E-state index in [4.69, 9.17) is 10.5 Å². The minimum absolute atomic E-state index is 0.280. The van der Waals surface area contributed by atoms with Crippen LogP contribution in [-0.4, -0.2) is 24.2 Å². The number of ether oxygens (including phenoxy) is 1. The summed E-state index contributed by atoms with van der Waals surface area (Å²) in [6.45, 7) is 2.51. The number of thioether (sulfide) groups is 1. The van der Waals surface area contributed by atoms with Crippen LogP contribution in [0.4, 0.5) is 15.8 Å². The van der Waals surface area contributed by atoms with Gasteiger partial charge in [-0.05, 0) is 25.0 Å². The van der Waals surface area contributed by atoms with E-state index < -0.39 is 5.82 Å². The van der Waals surface area contributed by atoms with Gasteiger partial charge in [-0.2, -0.15) is 11.8 Å². The van der Waals surface area contributed by atoms with Crippen molar-refractivity contribution in [2.45, 2.75) is 32.2 Å². The van der Waals surface area contributed by atoms with Crippen LogP contribution in [0.25, 0.3) is 0 Å². The molecule has 1 fully saturated rings. The van der Waals surface area contributed by atoms with Gasteiger partial charge < -0.3 is 15.8 Å². The fourth-order valence-corrected chi connectivity index (χ4v) is 3.16. The van der Waals surface area contributed by atoms with Crippen LogP contribution in [0.1, 0.15) is 26.2 Å². The molecule has 1 aliphatic rings. The second-order valence-corrected chi connectivity index (χ2v) is 5.93. The summed E-state index contributed by atoms with van der Waals surface area (Å²) < 4.78 is 19.1. The zero-order valence-corrected chi connectivity index (χ0v) is 12.1. The molecule has 0 bridgehead atoms. The van der Waals surface area contributed by atoms with Crippen molar-refractivity contribution < 1.29 is 9.13 Å². The molecule has 1 saturated heterocycles. The Morgan fingerprint density at radius 2 is 2.37 bits per heavy atom. The van der Waals surface area contributed by atoms with Gasteiger partial charge in [0.1, 0.15) is 0 Å². The molecule has 106 valence electrons. The number of hydrogen-bond donors (Lipinski definition) is 2. The topological polar surface area (TPSA) is 47.3 Å². The van der Waals surface area contributed by atoms with Crippen molar-refractivity contribution in [2.24, 2.45) is 0 Å². The summed E-state index contributed by atoms with van der Waals surface area (Å²) in [5.74, 6) is 2.18. The van der Waals surface area contributed by atoms with E-state index in [9.17, 15) is 4.39 Å². The minimum atomic E-state index is -0.394. The molecule has 0 spiro atoms. The summed E-state index contributed by atoms with van der Waals surface area (Å²) in [6.07, 6.45) is 3.20. The molecule has 1 aromatic rings. The standard InChI is InChI=1S/C14H21FN2OS/c1-2-5-18-14-8-13(12(16)7-11(14)15)17-10-4-3-6-19-9-10/h7-8,10,17H,2-6,9,16H2,1H3. The highest BCUT2D eigenvalue weighted by atomic mass is 32.2. The smallest absolute Gasteiger partial charge is 0.167 e. The number of halogens is 1. The van der Waals surface area contributed by atoms with E-state index in [1.807, 2.05) is 18.7 Å². The van der Waals surface area contributed by atoms with E-state index in [0.717, 1.165) is 24.3 Å². The maximum Gasteiger partial charge on any atom is 0.167 e. The molecule has 0 aliphatic carbocycles. The first-order chi connectivity index (χ1) is 9.20. The lowest BCUT2D eigenvalue weighted by Crippen LogP contribution is -2.26. The molecular formula is C14H21FN2OS. The second-order valence-electron chi connectivity index (χ2n) is 4.78. The highest BCUT2D eigenvalue weighted by molar-refractivity contribution is 7.99. The third kappa shape index (κ3) is 3.93. The Balaban J connectivity index is 2.09. The Kier molecular flexibility index (Phi) is 5.19. The summed E-state index contributed by atoms with van der Waals surface area (Å²) in [5, 5.41) is 3.40. The van der Waals surface area contributed by atoms with Crippen molar-refractivity contribution in [3.63, 3.8) is 0 Å². The van der Waals surface area contributed by atoms with Gasteiger partial charge >= 0.3 is 0 Å². The Hall–Kier alpha value is -1.10. The van der Waals surface area contributed by atoms with Gasteiger partial charge in [0.05, 0.1) is 18.0 Å². The van der Waals surface area contributed by atoms with E-state index in [0.29, 0.717) is 18.3 Å². The lowest BCUT2D eigenvalue weighted by Gasteiger charge is -2.24. The summed E-state index contributed by atoms with van der Waals surface area (Å²) in [6, 6.07) is 3.42. The van der Waals surface area contributed by atoms with Gasteiger partial charge in [0.2, 0.25) is 0 Å². The number of benzene rings is 1. The van der Waals surface area contributed by atoms with Crippen LogP contribution >= 0.6 is 11.8 Å². The fourth-order valence-electron chi connectivity index (χ4n) is 2.09. The van der Waals surface area contributed by atoms with Crippen molar-refractivity contribution in [3.8, 4) is 5.75 Å². The van der Waals surface area contributed by atoms with Crippen LogP contribution in [0.3, 0.4) is 0 Å². The van der Waals surface area contributed by atoms with Gasteiger partial charge in [0.25, 0.3) is 0 Å². The molecule has 0 saturated carbocycles. The highest BCUT2D eigenvalue weighted by Crippen LogP contribution is 2.30. The molecule has 1 atom stereocenters. The van der Waals surface area contributed by atoms with Crippen LogP contribution in [0, 0.1) is 5.82 Å². The number of hydrogen-bond acceptors (Lipinski definition) is 4. The third-order valence-corrected chi connectivity index (χ3v) is 4.30. The predicted molar refractivity (Wildman–Crippen MR) is 80.6 cm³/mol. The van der Waals surface area contributed by atoms with Gasteiger partial charge in [0.15, 0.2) is 11.6 Å². The Labute approximate surface area is 118 Å². The van der Waals surface area contributed by atoms with Crippen LogP contribution < -0.4 is 15.8 Å². The number of anilines is 2. The van der Waals surface area contributed by atoms with Crippen LogP contribution in [0.5, 0.6) is 5.75 Å². The third-order valence-electron chi connectivity index (χ3n) is 3.09. The molecule has 0 amide bonds. The zero-order chi connectivity index (χ0) is 13.7. The molecule has 3 nitrogen and oxygen atoms in total. The molecule has 5 heteroatoms. The van der Waals surface area contributed by atoms with E-state index in [1.54, 1.807) is 6.07 Å². The SMILES string of the molecule is CCCOc1cc(NC2CCCSC2)c(N)cc1F. The molecular weight excluding hydrogens is 263 g/mol. The Bertz CT molecular complexity index is 422. The van der Waals surface area contributed by atoms with Crippen LogP contribution in [0.2, 0.25) is 0 Å². The normalized spacial score (nSPS) is 19.2. The number of rotatable bonds is 5. The van der Waals surface area contributed by atoms with E-state index in [1.165, 1.54) is 18.2 Å². The Morgan fingerprint density at radius 3 is 3.05 bits per heavy atom. The average molecular weight is 284 g/mol. The van der Waals surface area contributed by atoms with Crippen molar-refractivity contribution in [1.29, 1.82) is 0 Å². The monoisotopic (exact) mass is 284 g/mol. The highest BCUT2D eigenvalue weighted by Gasteiger charge is 2.16. The zero-order valence-electron chi connectivity index (χ0n) is 11.2. The molecule has 0 aromatic heterocycles. The second kappa shape index (κ2) is 6.89. The predicted octanol–water partition coefficient (Wildman–Crippen LogP) is 3.50.